The number of anilines is 1. The van der Waals surface area contributed by atoms with Crippen molar-refractivity contribution >= 4 is 29.4 Å². The fourth-order valence-corrected chi connectivity index (χ4v) is 3.10. The van der Waals surface area contributed by atoms with Gasteiger partial charge in [0.2, 0.25) is 0 Å². The molecule has 1 heterocycles. The van der Waals surface area contributed by atoms with Gasteiger partial charge in [0.05, 0.1) is 37.1 Å². The molecule has 33 heavy (non-hydrogen) atoms. The van der Waals surface area contributed by atoms with E-state index in [-0.39, 0.29) is 17.9 Å². The molecule has 2 aromatic rings. The minimum atomic E-state index is -4.86. The zero-order chi connectivity index (χ0) is 24.2. The highest BCUT2D eigenvalue weighted by Gasteiger charge is 2.46. The maximum atomic E-state index is 13.7. The summed E-state index contributed by atoms with van der Waals surface area (Å²) in [5, 5.41) is 4.17. The Bertz CT molecular complexity index is 1110. The first-order valence-electron chi connectivity index (χ1n) is 9.99. The van der Waals surface area contributed by atoms with E-state index in [9.17, 15) is 22.8 Å². The van der Waals surface area contributed by atoms with Crippen LogP contribution < -0.4 is 14.5 Å². The summed E-state index contributed by atoms with van der Waals surface area (Å²) in [5.74, 6) is -0.804. The molecule has 1 aliphatic heterocycles. The molecule has 2 aromatic carbocycles. The number of amides is 1. The van der Waals surface area contributed by atoms with E-state index in [1.165, 1.54) is 43.5 Å². The van der Waals surface area contributed by atoms with Gasteiger partial charge in [0, 0.05) is 0 Å². The van der Waals surface area contributed by atoms with Crippen molar-refractivity contribution in [3.05, 3.63) is 59.2 Å². The number of hydrogen-bond donors (Lipinski definition) is 0. The van der Waals surface area contributed by atoms with Crippen LogP contribution in [-0.2, 0) is 9.53 Å². The van der Waals surface area contributed by atoms with E-state index < -0.39 is 29.3 Å². The Morgan fingerprint density at radius 3 is 2.33 bits per heavy atom. The third-order valence-corrected chi connectivity index (χ3v) is 4.57. The molecule has 0 aliphatic carbocycles. The standard InChI is InChI=1S/C23H21F3N2O5/c1-4-32-18-11-6-14(13-19(18)31-3)12-17-20(23(24,25)26)27-28(21(17)29)16-9-7-15(8-10-16)22(30)33-5-2/h6-13H,4-5H2,1-3H3. The summed E-state index contributed by atoms with van der Waals surface area (Å²) in [6, 6.07) is 9.87. The van der Waals surface area contributed by atoms with Crippen LogP contribution in [0, 0.1) is 0 Å². The first-order valence-corrected chi connectivity index (χ1v) is 9.99. The Hall–Kier alpha value is -3.82. The Morgan fingerprint density at radius 2 is 1.76 bits per heavy atom. The normalized spacial score (nSPS) is 15.0. The predicted octanol–water partition coefficient (Wildman–Crippen LogP) is 4.62. The summed E-state index contributed by atoms with van der Waals surface area (Å²) in [4.78, 5) is 24.7. The van der Waals surface area contributed by atoms with E-state index >= 15 is 0 Å². The van der Waals surface area contributed by atoms with Crippen molar-refractivity contribution in [3.8, 4) is 11.5 Å². The third-order valence-electron chi connectivity index (χ3n) is 4.57. The number of halogens is 3. The number of carbonyl (C=O) groups is 2. The van der Waals surface area contributed by atoms with Gasteiger partial charge in [0.15, 0.2) is 17.2 Å². The molecule has 10 heteroatoms. The third kappa shape index (κ3) is 5.16. The summed E-state index contributed by atoms with van der Waals surface area (Å²) in [6.07, 6.45) is -3.77. The smallest absolute Gasteiger partial charge is 0.435 e. The predicted molar refractivity (Wildman–Crippen MR) is 116 cm³/mol. The van der Waals surface area contributed by atoms with Gasteiger partial charge in [-0.15, -0.1) is 0 Å². The van der Waals surface area contributed by atoms with Crippen molar-refractivity contribution in [2.75, 3.05) is 25.3 Å². The highest BCUT2D eigenvalue weighted by atomic mass is 19.4. The van der Waals surface area contributed by atoms with Crippen LogP contribution in [0.5, 0.6) is 11.5 Å². The molecule has 0 saturated heterocycles. The quantitative estimate of drug-likeness (QED) is 0.443. The molecule has 174 valence electrons. The average Bonchev–Trinajstić information content (AvgIpc) is 3.11. The van der Waals surface area contributed by atoms with Crippen LogP contribution in [0.3, 0.4) is 0 Å². The maximum Gasteiger partial charge on any atom is 0.435 e. The molecule has 1 aliphatic rings. The van der Waals surface area contributed by atoms with Gasteiger partial charge in [-0.1, -0.05) is 6.07 Å². The van der Waals surface area contributed by atoms with Crippen molar-refractivity contribution < 1.29 is 37.0 Å². The molecule has 7 nitrogen and oxygen atoms in total. The fraction of sp³-hybridized carbons (Fsp3) is 0.261. The fourth-order valence-electron chi connectivity index (χ4n) is 3.10. The molecular weight excluding hydrogens is 441 g/mol. The van der Waals surface area contributed by atoms with Gasteiger partial charge in [0.1, 0.15) is 0 Å². The summed E-state index contributed by atoms with van der Waals surface area (Å²) in [7, 11) is 1.40. The largest absolute Gasteiger partial charge is 0.493 e. The maximum absolute atomic E-state index is 13.7. The zero-order valence-electron chi connectivity index (χ0n) is 18.1. The van der Waals surface area contributed by atoms with E-state index in [4.69, 9.17) is 14.2 Å². The number of ether oxygens (including phenoxy) is 3. The van der Waals surface area contributed by atoms with Crippen molar-refractivity contribution in [1.29, 1.82) is 0 Å². The van der Waals surface area contributed by atoms with Crippen molar-refractivity contribution in [2.24, 2.45) is 5.10 Å². The number of methoxy groups -OCH3 is 1. The SMILES string of the molecule is CCOC(=O)c1ccc(N2N=C(C(F)(F)F)C(=Cc3ccc(OCC)c(OC)c3)C2=O)cc1. The van der Waals surface area contributed by atoms with Crippen molar-refractivity contribution in [1.82, 2.24) is 0 Å². The number of hydrogen-bond acceptors (Lipinski definition) is 6. The number of esters is 1. The number of alkyl halides is 3. The number of rotatable bonds is 7. The van der Waals surface area contributed by atoms with Crippen LogP contribution in [-0.4, -0.2) is 44.1 Å². The van der Waals surface area contributed by atoms with Gasteiger partial charge >= 0.3 is 12.1 Å². The molecule has 0 saturated carbocycles. The van der Waals surface area contributed by atoms with Crippen molar-refractivity contribution in [2.45, 2.75) is 20.0 Å². The molecule has 0 radical (unpaired) electrons. The molecule has 3 rings (SSSR count). The number of hydrazone groups is 1. The molecule has 0 N–H and O–H groups in total. The lowest BCUT2D eigenvalue weighted by molar-refractivity contribution is -0.114. The van der Waals surface area contributed by atoms with E-state index in [2.05, 4.69) is 5.10 Å². The number of nitrogens with zero attached hydrogens (tertiary/aromatic N) is 2. The summed E-state index contributed by atoms with van der Waals surface area (Å²) in [6.45, 7) is 3.99. The second-order valence-electron chi connectivity index (χ2n) is 6.73. The lowest BCUT2D eigenvalue weighted by atomic mass is 10.1. The Labute approximate surface area is 188 Å². The number of benzene rings is 2. The summed E-state index contributed by atoms with van der Waals surface area (Å²) < 4.78 is 56.6. The molecule has 0 atom stereocenters. The molecule has 0 bridgehead atoms. The highest BCUT2D eigenvalue weighted by molar-refractivity contribution is 6.34. The lowest BCUT2D eigenvalue weighted by Gasteiger charge is -2.12. The van der Waals surface area contributed by atoms with Crippen LogP contribution >= 0.6 is 0 Å². The molecule has 0 unspecified atom stereocenters. The van der Waals surface area contributed by atoms with Gasteiger partial charge in [-0.05, 0) is 61.9 Å². The first kappa shape index (κ1) is 23.8. The van der Waals surface area contributed by atoms with Gasteiger partial charge < -0.3 is 14.2 Å². The van der Waals surface area contributed by atoms with E-state index in [0.717, 1.165) is 6.08 Å². The first-order chi connectivity index (χ1) is 15.7. The molecule has 0 fully saturated rings. The average molecular weight is 462 g/mol. The Kier molecular flexibility index (Phi) is 7.05. The number of carbonyl (C=O) groups excluding carboxylic acids is 2. The van der Waals surface area contributed by atoms with Gasteiger partial charge in [-0.3, -0.25) is 4.79 Å². The van der Waals surface area contributed by atoms with Crippen LogP contribution in [0.2, 0.25) is 0 Å². The monoisotopic (exact) mass is 462 g/mol. The minimum Gasteiger partial charge on any atom is -0.493 e. The Morgan fingerprint density at radius 1 is 1.06 bits per heavy atom. The topological polar surface area (TPSA) is 77.4 Å². The molecule has 1 amide bonds. The van der Waals surface area contributed by atoms with Crippen molar-refractivity contribution in [3.63, 3.8) is 0 Å². The summed E-state index contributed by atoms with van der Waals surface area (Å²) >= 11 is 0. The van der Waals surface area contributed by atoms with Crippen LogP contribution in [0.1, 0.15) is 29.8 Å². The van der Waals surface area contributed by atoms with Crippen LogP contribution in [0.25, 0.3) is 6.08 Å². The van der Waals surface area contributed by atoms with Crippen LogP contribution in [0.15, 0.2) is 53.1 Å². The van der Waals surface area contributed by atoms with E-state index in [0.29, 0.717) is 28.7 Å². The van der Waals surface area contributed by atoms with E-state index in [1.807, 2.05) is 0 Å². The summed E-state index contributed by atoms with van der Waals surface area (Å²) in [5.41, 5.74) is -1.37. The zero-order valence-corrected chi connectivity index (χ0v) is 18.1. The van der Waals surface area contributed by atoms with Gasteiger partial charge in [0.25, 0.3) is 5.91 Å². The lowest BCUT2D eigenvalue weighted by Crippen LogP contribution is -2.25. The minimum absolute atomic E-state index is 0.0717. The molecular formula is C23H21F3N2O5. The second kappa shape index (κ2) is 9.76. The second-order valence-corrected chi connectivity index (χ2v) is 6.73. The Balaban J connectivity index is 1.98. The van der Waals surface area contributed by atoms with E-state index in [1.54, 1.807) is 19.9 Å². The van der Waals surface area contributed by atoms with Gasteiger partial charge in [-0.2, -0.15) is 23.3 Å². The molecule has 0 spiro atoms. The van der Waals surface area contributed by atoms with Crippen LogP contribution in [0.4, 0.5) is 18.9 Å². The molecule has 0 aromatic heterocycles. The highest BCUT2D eigenvalue weighted by Crippen LogP contribution is 2.34. The van der Waals surface area contributed by atoms with Gasteiger partial charge in [-0.25, -0.2) is 4.79 Å².